The zero-order valence-electron chi connectivity index (χ0n) is 14.3. The van der Waals surface area contributed by atoms with Crippen LogP contribution >= 0.6 is 15.9 Å². The van der Waals surface area contributed by atoms with Gasteiger partial charge in [0.1, 0.15) is 0 Å². The molecule has 0 aliphatic carbocycles. The van der Waals surface area contributed by atoms with Gasteiger partial charge in [0.2, 0.25) is 0 Å². The lowest BCUT2D eigenvalue weighted by molar-refractivity contribution is 0.0651. The fourth-order valence-corrected chi connectivity index (χ4v) is 3.42. The largest absolute Gasteiger partial charge is 0.398 e. The van der Waals surface area contributed by atoms with Crippen LogP contribution in [0.3, 0.4) is 0 Å². The highest BCUT2D eigenvalue weighted by atomic mass is 79.9. The number of hydrogen-bond acceptors (Lipinski definition) is 4. The van der Waals surface area contributed by atoms with E-state index < -0.39 is 0 Å². The first kappa shape index (κ1) is 18.3. The van der Waals surface area contributed by atoms with E-state index in [-0.39, 0.29) is 11.8 Å². The standard InChI is InChI=1S/C20H20BrN3O2/c21-17-9-6-10-18(22)16(17)13-23-11-4-1-5-12-24-19(25)14-7-2-3-8-15(14)20(24)26/h2-3,6-10,13H,1,4-5,11-12,22H2. The number of nitrogens with two attached hydrogens (primary N) is 1. The third-order valence-corrected chi connectivity index (χ3v) is 5.05. The molecular formula is C20H20BrN3O2. The van der Waals surface area contributed by atoms with Crippen LogP contribution in [0.5, 0.6) is 0 Å². The van der Waals surface area contributed by atoms with E-state index in [9.17, 15) is 9.59 Å². The lowest BCUT2D eigenvalue weighted by Gasteiger charge is -2.13. The maximum absolute atomic E-state index is 12.3. The molecule has 26 heavy (non-hydrogen) atoms. The van der Waals surface area contributed by atoms with Gasteiger partial charge in [0.05, 0.1) is 11.1 Å². The van der Waals surface area contributed by atoms with Gasteiger partial charge in [-0.05, 0) is 43.5 Å². The van der Waals surface area contributed by atoms with Crippen LogP contribution in [-0.2, 0) is 0 Å². The molecule has 0 atom stereocenters. The number of benzene rings is 2. The van der Waals surface area contributed by atoms with E-state index in [1.54, 1.807) is 30.5 Å². The summed E-state index contributed by atoms with van der Waals surface area (Å²) in [4.78, 5) is 30.3. The molecule has 1 aliphatic heterocycles. The number of hydrogen-bond donors (Lipinski definition) is 1. The Bertz CT molecular complexity index is 809. The van der Waals surface area contributed by atoms with Crippen LogP contribution in [0, 0.1) is 0 Å². The van der Waals surface area contributed by atoms with Crippen LogP contribution in [0.2, 0.25) is 0 Å². The molecule has 3 rings (SSSR count). The van der Waals surface area contributed by atoms with Gasteiger partial charge in [-0.3, -0.25) is 19.5 Å². The van der Waals surface area contributed by atoms with Crippen molar-refractivity contribution in [1.82, 2.24) is 4.90 Å². The van der Waals surface area contributed by atoms with Crippen LogP contribution in [0.4, 0.5) is 5.69 Å². The Balaban J connectivity index is 1.42. The number of halogens is 1. The molecule has 2 aromatic rings. The van der Waals surface area contributed by atoms with Gasteiger partial charge in [0.25, 0.3) is 11.8 Å². The van der Waals surface area contributed by atoms with Crippen LogP contribution in [0.25, 0.3) is 0 Å². The number of fused-ring (bicyclic) bond motifs is 1. The second-order valence-electron chi connectivity index (χ2n) is 6.15. The normalized spacial score (nSPS) is 13.7. The summed E-state index contributed by atoms with van der Waals surface area (Å²) in [7, 11) is 0. The van der Waals surface area contributed by atoms with Crippen molar-refractivity contribution in [1.29, 1.82) is 0 Å². The first-order valence-corrected chi connectivity index (χ1v) is 9.38. The summed E-state index contributed by atoms with van der Waals surface area (Å²) in [6.07, 6.45) is 4.35. The number of nitrogen functional groups attached to an aromatic ring is 1. The number of carbonyl (C=O) groups excluding carboxylic acids is 2. The van der Waals surface area contributed by atoms with E-state index >= 15 is 0 Å². The van der Waals surface area contributed by atoms with Crippen molar-refractivity contribution in [2.75, 3.05) is 18.8 Å². The van der Waals surface area contributed by atoms with Gasteiger partial charge < -0.3 is 5.73 Å². The van der Waals surface area contributed by atoms with Gasteiger partial charge in [0.15, 0.2) is 0 Å². The first-order chi connectivity index (χ1) is 12.6. The highest BCUT2D eigenvalue weighted by Gasteiger charge is 2.34. The lowest BCUT2D eigenvalue weighted by atomic mass is 10.1. The topological polar surface area (TPSA) is 75.8 Å². The molecule has 0 unspecified atom stereocenters. The molecule has 0 fully saturated rings. The molecule has 0 saturated carbocycles. The maximum atomic E-state index is 12.3. The number of rotatable bonds is 7. The van der Waals surface area contributed by atoms with Crippen molar-refractivity contribution in [3.05, 3.63) is 63.6 Å². The van der Waals surface area contributed by atoms with E-state index in [4.69, 9.17) is 5.73 Å². The van der Waals surface area contributed by atoms with Gasteiger partial charge in [-0.2, -0.15) is 0 Å². The summed E-state index contributed by atoms with van der Waals surface area (Å²) < 4.78 is 0.923. The molecule has 2 aromatic carbocycles. The number of nitrogens with zero attached hydrogens (tertiary/aromatic N) is 2. The number of carbonyl (C=O) groups is 2. The summed E-state index contributed by atoms with van der Waals surface area (Å²) in [6.45, 7) is 1.14. The minimum absolute atomic E-state index is 0.187. The first-order valence-electron chi connectivity index (χ1n) is 8.58. The van der Waals surface area contributed by atoms with Gasteiger partial charge >= 0.3 is 0 Å². The number of unbranched alkanes of at least 4 members (excludes halogenated alkanes) is 2. The van der Waals surface area contributed by atoms with E-state index in [2.05, 4.69) is 20.9 Å². The Morgan fingerprint density at radius 1 is 0.962 bits per heavy atom. The molecule has 0 spiro atoms. The van der Waals surface area contributed by atoms with E-state index in [0.29, 0.717) is 29.9 Å². The molecule has 6 heteroatoms. The van der Waals surface area contributed by atoms with Crippen LogP contribution in [-0.4, -0.2) is 36.0 Å². The highest BCUT2D eigenvalue weighted by Crippen LogP contribution is 2.23. The molecule has 2 amide bonds. The Kier molecular flexibility index (Phi) is 5.83. The third-order valence-electron chi connectivity index (χ3n) is 4.35. The Morgan fingerprint density at radius 3 is 2.31 bits per heavy atom. The fraction of sp³-hybridized carbons (Fsp3) is 0.250. The number of amides is 2. The highest BCUT2D eigenvalue weighted by molar-refractivity contribution is 9.10. The summed E-state index contributed by atoms with van der Waals surface area (Å²) in [5.41, 5.74) is 8.52. The van der Waals surface area contributed by atoms with E-state index in [1.807, 2.05) is 18.2 Å². The summed E-state index contributed by atoms with van der Waals surface area (Å²) in [5, 5.41) is 0. The number of imide groups is 1. The van der Waals surface area contributed by atoms with Gasteiger partial charge in [-0.25, -0.2) is 0 Å². The second kappa shape index (κ2) is 8.27. The molecule has 5 nitrogen and oxygen atoms in total. The average molecular weight is 414 g/mol. The average Bonchev–Trinajstić information content (AvgIpc) is 2.88. The predicted octanol–water partition coefficient (Wildman–Crippen LogP) is 3.92. The maximum Gasteiger partial charge on any atom is 0.261 e. The molecular weight excluding hydrogens is 394 g/mol. The predicted molar refractivity (Wildman–Crippen MR) is 107 cm³/mol. The van der Waals surface area contributed by atoms with E-state index in [0.717, 1.165) is 29.3 Å². The van der Waals surface area contributed by atoms with Crippen molar-refractivity contribution < 1.29 is 9.59 Å². The Labute approximate surface area is 161 Å². The minimum Gasteiger partial charge on any atom is -0.398 e. The molecule has 2 N–H and O–H groups in total. The second-order valence-corrected chi connectivity index (χ2v) is 7.00. The number of anilines is 1. The van der Waals surface area contributed by atoms with Crippen LogP contribution in [0.1, 0.15) is 45.5 Å². The van der Waals surface area contributed by atoms with E-state index in [1.165, 1.54) is 4.90 Å². The monoisotopic (exact) mass is 413 g/mol. The SMILES string of the molecule is Nc1cccc(Br)c1C=NCCCCCN1C(=O)c2ccccc2C1=O. The molecule has 1 aliphatic rings. The smallest absolute Gasteiger partial charge is 0.261 e. The van der Waals surface area contributed by atoms with Crippen LogP contribution < -0.4 is 5.73 Å². The quantitative estimate of drug-likeness (QED) is 0.323. The zero-order valence-corrected chi connectivity index (χ0v) is 15.9. The zero-order chi connectivity index (χ0) is 18.5. The molecule has 0 bridgehead atoms. The molecule has 1 heterocycles. The van der Waals surface area contributed by atoms with Crippen molar-refractivity contribution >= 4 is 39.6 Å². The molecule has 0 radical (unpaired) electrons. The summed E-state index contributed by atoms with van der Waals surface area (Å²) >= 11 is 3.46. The molecule has 0 saturated heterocycles. The van der Waals surface area contributed by atoms with Gasteiger partial charge in [-0.15, -0.1) is 0 Å². The number of aliphatic imine (C=N–C) groups is 1. The van der Waals surface area contributed by atoms with Crippen molar-refractivity contribution in [2.45, 2.75) is 19.3 Å². The fourth-order valence-electron chi connectivity index (χ4n) is 2.94. The summed E-state index contributed by atoms with van der Waals surface area (Å²) in [5.74, 6) is -0.374. The van der Waals surface area contributed by atoms with Crippen LogP contribution in [0.15, 0.2) is 51.9 Å². The van der Waals surface area contributed by atoms with Crippen molar-refractivity contribution in [3.63, 3.8) is 0 Å². The van der Waals surface area contributed by atoms with Crippen molar-refractivity contribution in [3.8, 4) is 0 Å². The Morgan fingerprint density at radius 2 is 1.65 bits per heavy atom. The molecule has 0 aromatic heterocycles. The van der Waals surface area contributed by atoms with Gasteiger partial charge in [0, 0.05) is 35.0 Å². The third kappa shape index (κ3) is 3.85. The van der Waals surface area contributed by atoms with Crippen molar-refractivity contribution in [2.24, 2.45) is 4.99 Å². The summed E-state index contributed by atoms with van der Waals surface area (Å²) in [6, 6.07) is 12.6. The Hall–Kier alpha value is -2.47. The molecule has 134 valence electrons. The minimum atomic E-state index is -0.187. The van der Waals surface area contributed by atoms with Gasteiger partial charge in [-0.1, -0.05) is 34.1 Å². The lowest BCUT2D eigenvalue weighted by Crippen LogP contribution is -2.30.